The Morgan fingerprint density at radius 3 is 2.59 bits per heavy atom. The van der Waals surface area contributed by atoms with Crippen molar-refractivity contribution in [2.45, 2.75) is 19.7 Å². The molecule has 0 aliphatic carbocycles. The van der Waals surface area contributed by atoms with Crippen LogP contribution >= 0.6 is 0 Å². The Morgan fingerprint density at radius 1 is 1.06 bits per heavy atom. The summed E-state index contributed by atoms with van der Waals surface area (Å²) < 4.78 is 5.19. The van der Waals surface area contributed by atoms with E-state index >= 15 is 0 Å². The highest BCUT2D eigenvalue weighted by Gasteiger charge is 2.00. The molecule has 1 heterocycles. The Hall–Kier alpha value is -1.58. The van der Waals surface area contributed by atoms with E-state index in [1.165, 1.54) is 16.8 Å². The van der Waals surface area contributed by atoms with E-state index in [9.17, 15) is 0 Å². The van der Waals surface area contributed by atoms with Gasteiger partial charge in [-0.05, 0) is 23.3 Å². The van der Waals surface area contributed by atoms with Gasteiger partial charge in [0, 0.05) is 32.1 Å². The predicted molar refractivity (Wildman–Crippen MR) is 68.5 cm³/mol. The van der Waals surface area contributed by atoms with Crippen molar-refractivity contribution in [1.29, 1.82) is 0 Å². The Labute approximate surface area is 102 Å². The third-order valence-corrected chi connectivity index (χ3v) is 2.71. The Bertz CT molecular complexity index is 437. The first kappa shape index (κ1) is 11.9. The number of H-pyrrole nitrogens is 1. The van der Waals surface area contributed by atoms with Gasteiger partial charge in [0.1, 0.15) is 0 Å². The van der Waals surface area contributed by atoms with Crippen LogP contribution in [0.2, 0.25) is 0 Å². The standard InChI is InChI=1S/C14H18N2O/c1-17-11-13-6-3-2-5-12(13)9-15-10-14-7-4-8-16-14/h2-8,15-16H,9-11H2,1H3. The SMILES string of the molecule is COCc1ccccc1CNCc1ccc[nH]1. The fourth-order valence-electron chi connectivity index (χ4n) is 1.84. The molecule has 0 saturated carbocycles. The van der Waals surface area contributed by atoms with E-state index in [1.54, 1.807) is 7.11 Å². The summed E-state index contributed by atoms with van der Waals surface area (Å²) in [5.74, 6) is 0. The minimum absolute atomic E-state index is 0.667. The van der Waals surface area contributed by atoms with Crippen molar-refractivity contribution >= 4 is 0 Å². The lowest BCUT2D eigenvalue weighted by Gasteiger charge is -2.09. The Morgan fingerprint density at radius 2 is 1.88 bits per heavy atom. The fourth-order valence-corrected chi connectivity index (χ4v) is 1.84. The molecule has 0 amide bonds. The molecule has 1 aromatic heterocycles. The fraction of sp³-hybridized carbons (Fsp3) is 0.286. The van der Waals surface area contributed by atoms with Gasteiger partial charge in [-0.1, -0.05) is 24.3 Å². The number of rotatable bonds is 6. The summed E-state index contributed by atoms with van der Waals surface area (Å²) in [5.41, 5.74) is 3.74. The van der Waals surface area contributed by atoms with Gasteiger partial charge in [0.25, 0.3) is 0 Å². The van der Waals surface area contributed by atoms with Gasteiger partial charge in [0.2, 0.25) is 0 Å². The zero-order valence-corrected chi connectivity index (χ0v) is 10.1. The second-order valence-electron chi connectivity index (χ2n) is 4.00. The van der Waals surface area contributed by atoms with E-state index in [0.717, 1.165) is 13.1 Å². The van der Waals surface area contributed by atoms with Crippen LogP contribution in [0.25, 0.3) is 0 Å². The summed E-state index contributed by atoms with van der Waals surface area (Å²) in [6, 6.07) is 12.4. The first-order valence-electron chi connectivity index (χ1n) is 5.79. The maximum Gasteiger partial charge on any atom is 0.0716 e. The predicted octanol–water partition coefficient (Wildman–Crippen LogP) is 2.45. The van der Waals surface area contributed by atoms with Crippen LogP contribution in [0.1, 0.15) is 16.8 Å². The molecule has 2 rings (SSSR count). The van der Waals surface area contributed by atoms with E-state index in [0.29, 0.717) is 6.61 Å². The molecule has 1 aromatic carbocycles. The van der Waals surface area contributed by atoms with Gasteiger partial charge in [-0.2, -0.15) is 0 Å². The first-order valence-corrected chi connectivity index (χ1v) is 5.79. The number of benzene rings is 1. The smallest absolute Gasteiger partial charge is 0.0716 e. The van der Waals surface area contributed by atoms with Crippen LogP contribution in [0, 0.1) is 0 Å². The van der Waals surface area contributed by atoms with Gasteiger partial charge in [-0.3, -0.25) is 0 Å². The first-order chi connectivity index (χ1) is 8.40. The number of aromatic nitrogens is 1. The lowest BCUT2D eigenvalue weighted by atomic mass is 10.1. The maximum absolute atomic E-state index is 5.19. The number of nitrogens with one attached hydrogen (secondary N) is 2. The summed E-state index contributed by atoms with van der Waals surface area (Å²) in [5, 5.41) is 3.42. The second-order valence-corrected chi connectivity index (χ2v) is 4.00. The van der Waals surface area contributed by atoms with Crippen molar-refractivity contribution in [3.05, 3.63) is 59.4 Å². The van der Waals surface area contributed by atoms with Crippen LogP contribution in [0.4, 0.5) is 0 Å². The van der Waals surface area contributed by atoms with E-state index in [1.807, 2.05) is 18.3 Å². The molecule has 2 aromatic rings. The van der Waals surface area contributed by atoms with Gasteiger partial charge in [0.05, 0.1) is 6.61 Å². The van der Waals surface area contributed by atoms with Gasteiger partial charge >= 0.3 is 0 Å². The van der Waals surface area contributed by atoms with Crippen molar-refractivity contribution in [2.24, 2.45) is 0 Å². The zero-order valence-electron chi connectivity index (χ0n) is 10.1. The van der Waals surface area contributed by atoms with Crippen LogP contribution < -0.4 is 5.32 Å². The number of hydrogen-bond acceptors (Lipinski definition) is 2. The average Bonchev–Trinajstić information content (AvgIpc) is 2.85. The van der Waals surface area contributed by atoms with E-state index in [4.69, 9.17) is 4.74 Å². The highest BCUT2D eigenvalue weighted by Crippen LogP contribution is 2.09. The molecule has 2 N–H and O–H groups in total. The molecule has 0 saturated heterocycles. The molecule has 0 aliphatic rings. The second kappa shape index (κ2) is 6.23. The van der Waals surface area contributed by atoms with Crippen LogP contribution in [0.15, 0.2) is 42.6 Å². The molecule has 0 fully saturated rings. The molecule has 0 radical (unpaired) electrons. The van der Waals surface area contributed by atoms with Crippen molar-refractivity contribution in [3.8, 4) is 0 Å². The van der Waals surface area contributed by atoms with Gasteiger partial charge in [-0.25, -0.2) is 0 Å². The largest absolute Gasteiger partial charge is 0.380 e. The van der Waals surface area contributed by atoms with Crippen LogP contribution in [-0.4, -0.2) is 12.1 Å². The van der Waals surface area contributed by atoms with E-state index in [2.05, 4.69) is 34.6 Å². The maximum atomic E-state index is 5.19. The van der Waals surface area contributed by atoms with Crippen LogP contribution in [-0.2, 0) is 24.4 Å². The highest BCUT2D eigenvalue weighted by atomic mass is 16.5. The summed E-state index contributed by atoms with van der Waals surface area (Å²) in [4.78, 5) is 3.18. The Kier molecular flexibility index (Phi) is 4.36. The van der Waals surface area contributed by atoms with Crippen molar-refractivity contribution in [3.63, 3.8) is 0 Å². The molecule has 0 bridgehead atoms. The van der Waals surface area contributed by atoms with E-state index in [-0.39, 0.29) is 0 Å². The zero-order chi connectivity index (χ0) is 11.9. The molecule has 0 unspecified atom stereocenters. The molecular weight excluding hydrogens is 212 g/mol. The molecule has 17 heavy (non-hydrogen) atoms. The number of methoxy groups -OCH3 is 1. The molecule has 0 atom stereocenters. The molecule has 90 valence electrons. The number of hydrogen-bond donors (Lipinski definition) is 2. The quantitative estimate of drug-likeness (QED) is 0.799. The lowest BCUT2D eigenvalue weighted by molar-refractivity contribution is 0.184. The normalized spacial score (nSPS) is 10.6. The molecule has 3 nitrogen and oxygen atoms in total. The summed E-state index contributed by atoms with van der Waals surface area (Å²) in [6.45, 7) is 2.38. The highest BCUT2D eigenvalue weighted by molar-refractivity contribution is 5.26. The average molecular weight is 230 g/mol. The topological polar surface area (TPSA) is 37.0 Å². The van der Waals surface area contributed by atoms with Crippen molar-refractivity contribution in [1.82, 2.24) is 10.3 Å². The van der Waals surface area contributed by atoms with Gasteiger partial charge < -0.3 is 15.0 Å². The summed E-state index contributed by atoms with van der Waals surface area (Å²) in [6.07, 6.45) is 1.94. The third-order valence-electron chi connectivity index (χ3n) is 2.71. The Balaban J connectivity index is 1.89. The molecule has 0 aliphatic heterocycles. The molecular formula is C14H18N2O. The minimum atomic E-state index is 0.667. The van der Waals surface area contributed by atoms with Crippen LogP contribution in [0.3, 0.4) is 0 Å². The lowest BCUT2D eigenvalue weighted by Crippen LogP contribution is -2.14. The molecule has 0 spiro atoms. The number of aromatic amines is 1. The van der Waals surface area contributed by atoms with E-state index < -0.39 is 0 Å². The van der Waals surface area contributed by atoms with Crippen molar-refractivity contribution in [2.75, 3.05) is 7.11 Å². The van der Waals surface area contributed by atoms with Gasteiger partial charge in [-0.15, -0.1) is 0 Å². The minimum Gasteiger partial charge on any atom is -0.380 e. The summed E-state index contributed by atoms with van der Waals surface area (Å²) in [7, 11) is 1.73. The third kappa shape index (κ3) is 3.44. The number of ether oxygens (including phenoxy) is 1. The molecule has 3 heteroatoms. The monoisotopic (exact) mass is 230 g/mol. The summed E-state index contributed by atoms with van der Waals surface area (Å²) >= 11 is 0. The van der Waals surface area contributed by atoms with Crippen molar-refractivity contribution < 1.29 is 4.74 Å². The van der Waals surface area contributed by atoms with Gasteiger partial charge in [0.15, 0.2) is 0 Å². The van der Waals surface area contributed by atoms with Crippen LogP contribution in [0.5, 0.6) is 0 Å².